The summed E-state index contributed by atoms with van der Waals surface area (Å²) in [7, 11) is 0. The van der Waals surface area contributed by atoms with Gasteiger partial charge in [0.15, 0.2) is 0 Å². The van der Waals surface area contributed by atoms with Crippen LogP contribution in [0.15, 0.2) is 48.5 Å². The van der Waals surface area contributed by atoms with Gasteiger partial charge in [-0.15, -0.1) is 0 Å². The van der Waals surface area contributed by atoms with Crippen molar-refractivity contribution >= 4 is 5.91 Å². The summed E-state index contributed by atoms with van der Waals surface area (Å²) in [4.78, 5) is 14.2. The lowest BCUT2D eigenvalue weighted by Crippen LogP contribution is -2.31. The first-order valence-electron chi connectivity index (χ1n) is 8.05. The van der Waals surface area contributed by atoms with Crippen LogP contribution < -0.4 is 5.73 Å². The van der Waals surface area contributed by atoms with Gasteiger partial charge < -0.3 is 10.6 Å². The van der Waals surface area contributed by atoms with Gasteiger partial charge in [-0.1, -0.05) is 36.4 Å². The number of likely N-dealkylation sites (tertiary alicyclic amines) is 1. The largest absolute Gasteiger partial charge is 0.341 e. The van der Waals surface area contributed by atoms with E-state index >= 15 is 0 Å². The summed E-state index contributed by atoms with van der Waals surface area (Å²) in [5.41, 5.74) is 7.26. The van der Waals surface area contributed by atoms with Gasteiger partial charge in [0.05, 0.1) is 6.42 Å². The molecule has 0 bridgehead atoms. The predicted molar refractivity (Wildman–Crippen MR) is 88.4 cm³/mol. The molecule has 0 aliphatic carbocycles. The molecule has 0 unspecified atom stereocenters. The Bertz CT molecular complexity index is 721. The van der Waals surface area contributed by atoms with Crippen molar-refractivity contribution in [2.24, 2.45) is 11.7 Å². The summed E-state index contributed by atoms with van der Waals surface area (Å²) < 4.78 is 26.7. The molecule has 126 valence electrons. The fourth-order valence-corrected chi connectivity index (χ4v) is 3.33. The Balaban J connectivity index is 1.72. The van der Waals surface area contributed by atoms with Crippen LogP contribution in [0.3, 0.4) is 0 Å². The fraction of sp³-hybridized carbons (Fsp3) is 0.316. The second-order valence-corrected chi connectivity index (χ2v) is 6.22. The molecule has 0 saturated carbocycles. The van der Waals surface area contributed by atoms with Crippen LogP contribution in [0.25, 0.3) is 0 Å². The number of benzene rings is 2. The van der Waals surface area contributed by atoms with Crippen molar-refractivity contribution in [3.8, 4) is 0 Å². The molecule has 2 aromatic carbocycles. The molecule has 0 aromatic heterocycles. The van der Waals surface area contributed by atoms with Gasteiger partial charge in [0.2, 0.25) is 5.91 Å². The number of halogens is 2. The molecule has 1 aliphatic rings. The van der Waals surface area contributed by atoms with E-state index in [2.05, 4.69) is 0 Å². The molecule has 2 atom stereocenters. The van der Waals surface area contributed by atoms with Crippen LogP contribution in [0.4, 0.5) is 8.78 Å². The van der Waals surface area contributed by atoms with E-state index < -0.39 is 11.6 Å². The minimum Gasteiger partial charge on any atom is -0.341 e. The molecule has 3 rings (SSSR count). The quantitative estimate of drug-likeness (QED) is 0.937. The second kappa shape index (κ2) is 7.09. The molecular formula is C19H20F2N2O. The van der Waals surface area contributed by atoms with Crippen LogP contribution in [0, 0.1) is 17.6 Å². The van der Waals surface area contributed by atoms with Gasteiger partial charge in [-0.2, -0.15) is 0 Å². The van der Waals surface area contributed by atoms with Gasteiger partial charge in [-0.05, 0) is 29.7 Å². The topological polar surface area (TPSA) is 46.3 Å². The lowest BCUT2D eigenvalue weighted by atomic mass is 9.89. The van der Waals surface area contributed by atoms with E-state index in [4.69, 9.17) is 5.73 Å². The third-order valence-corrected chi connectivity index (χ3v) is 4.68. The summed E-state index contributed by atoms with van der Waals surface area (Å²) in [6.45, 7) is 1.64. The zero-order valence-corrected chi connectivity index (χ0v) is 13.3. The van der Waals surface area contributed by atoms with Crippen LogP contribution in [0.5, 0.6) is 0 Å². The van der Waals surface area contributed by atoms with Crippen molar-refractivity contribution in [3.05, 3.63) is 71.3 Å². The highest BCUT2D eigenvalue weighted by molar-refractivity contribution is 5.79. The Kier molecular flexibility index (Phi) is 4.90. The number of hydrogen-bond acceptors (Lipinski definition) is 2. The Labute approximate surface area is 140 Å². The van der Waals surface area contributed by atoms with Crippen molar-refractivity contribution in [1.29, 1.82) is 0 Å². The zero-order chi connectivity index (χ0) is 17.1. The van der Waals surface area contributed by atoms with Gasteiger partial charge in [0.1, 0.15) is 11.6 Å². The Hall–Kier alpha value is -2.27. The maximum absolute atomic E-state index is 13.8. The van der Waals surface area contributed by atoms with Crippen molar-refractivity contribution < 1.29 is 13.6 Å². The van der Waals surface area contributed by atoms with Gasteiger partial charge in [-0.25, -0.2) is 8.78 Å². The van der Waals surface area contributed by atoms with Crippen molar-refractivity contribution in [3.63, 3.8) is 0 Å². The normalized spacial score (nSPS) is 20.4. The Morgan fingerprint density at radius 2 is 1.88 bits per heavy atom. The van der Waals surface area contributed by atoms with Crippen LogP contribution >= 0.6 is 0 Å². The lowest BCUT2D eigenvalue weighted by molar-refractivity contribution is -0.129. The van der Waals surface area contributed by atoms with Crippen LogP contribution in [-0.2, 0) is 11.2 Å². The average molecular weight is 330 g/mol. The molecule has 0 radical (unpaired) electrons. The first-order valence-corrected chi connectivity index (χ1v) is 8.05. The average Bonchev–Trinajstić information content (AvgIpc) is 3.02. The number of hydrogen-bond donors (Lipinski definition) is 1. The highest BCUT2D eigenvalue weighted by Gasteiger charge is 2.35. The van der Waals surface area contributed by atoms with E-state index in [0.29, 0.717) is 19.6 Å². The lowest BCUT2D eigenvalue weighted by Gasteiger charge is -2.17. The number of amides is 1. The first-order chi connectivity index (χ1) is 11.6. The molecule has 1 heterocycles. The van der Waals surface area contributed by atoms with E-state index in [1.54, 1.807) is 4.90 Å². The third kappa shape index (κ3) is 3.46. The number of carbonyl (C=O) groups is 1. The molecule has 1 amide bonds. The Morgan fingerprint density at radius 3 is 2.54 bits per heavy atom. The maximum Gasteiger partial charge on any atom is 0.227 e. The minimum atomic E-state index is -0.683. The number of nitrogens with zero attached hydrogens (tertiary/aromatic N) is 1. The number of rotatable bonds is 4. The highest BCUT2D eigenvalue weighted by Crippen LogP contribution is 2.32. The highest BCUT2D eigenvalue weighted by atomic mass is 19.1. The van der Waals surface area contributed by atoms with Crippen molar-refractivity contribution in [2.45, 2.75) is 12.3 Å². The van der Waals surface area contributed by atoms with Gasteiger partial charge in [0.25, 0.3) is 0 Å². The van der Waals surface area contributed by atoms with E-state index in [1.165, 1.54) is 12.1 Å². The van der Waals surface area contributed by atoms with Crippen LogP contribution in [0.2, 0.25) is 0 Å². The summed E-state index contributed by atoms with van der Waals surface area (Å²) in [5, 5.41) is 0. The third-order valence-electron chi connectivity index (χ3n) is 4.68. The number of nitrogens with two attached hydrogens (primary N) is 1. The minimum absolute atomic E-state index is 0.0646. The maximum atomic E-state index is 13.8. The molecule has 3 nitrogen and oxygen atoms in total. The van der Waals surface area contributed by atoms with Gasteiger partial charge in [-0.3, -0.25) is 4.79 Å². The molecule has 2 N–H and O–H groups in total. The Morgan fingerprint density at radius 1 is 1.12 bits per heavy atom. The molecular weight excluding hydrogens is 310 g/mol. The van der Waals surface area contributed by atoms with Gasteiger partial charge in [0, 0.05) is 25.1 Å². The molecule has 24 heavy (non-hydrogen) atoms. The molecule has 5 heteroatoms. The fourth-order valence-electron chi connectivity index (χ4n) is 3.33. The molecule has 2 aromatic rings. The molecule has 1 saturated heterocycles. The zero-order valence-electron chi connectivity index (χ0n) is 13.3. The summed E-state index contributed by atoms with van der Waals surface area (Å²) in [6, 6.07) is 13.3. The van der Waals surface area contributed by atoms with E-state index in [9.17, 15) is 13.6 Å². The van der Waals surface area contributed by atoms with Gasteiger partial charge >= 0.3 is 0 Å². The monoisotopic (exact) mass is 330 g/mol. The first kappa shape index (κ1) is 16.6. The number of carbonyl (C=O) groups excluding carboxylic acids is 1. The standard InChI is InChI=1S/C19H20F2N2O/c20-16-7-6-14(18(21)9-16)8-19(24)23-11-15(10-22)17(12-23)13-4-2-1-3-5-13/h1-7,9,15,17H,8,10-12,22H2/t15-,17+/m1/s1. The summed E-state index contributed by atoms with van der Waals surface area (Å²) >= 11 is 0. The molecule has 0 spiro atoms. The smallest absolute Gasteiger partial charge is 0.227 e. The summed E-state index contributed by atoms with van der Waals surface area (Å²) in [6.07, 6.45) is -0.0646. The molecule has 1 fully saturated rings. The van der Waals surface area contributed by atoms with Crippen molar-refractivity contribution in [1.82, 2.24) is 4.90 Å². The van der Waals surface area contributed by atoms with Crippen LogP contribution in [0.1, 0.15) is 17.0 Å². The predicted octanol–water partition coefficient (Wildman–Crippen LogP) is 2.71. The SMILES string of the molecule is NC[C@@H]1CN(C(=O)Cc2ccc(F)cc2F)C[C@H]1c1ccccc1. The van der Waals surface area contributed by atoms with Crippen LogP contribution in [-0.4, -0.2) is 30.4 Å². The van der Waals surface area contributed by atoms with E-state index in [1.807, 2.05) is 30.3 Å². The van der Waals surface area contributed by atoms with Crippen molar-refractivity contribution in [2.75, 3.05) is 19.6 Å². The molecule has 1 aliphatic heterocycles. The summed E-state index contributed by atoms with van der Waals surface area (Å²) in [5.74, 6) is -1.10. The second-order valence-electron chi connectivity index (χ2n) is 6.22. The van der Waals surface area contributed by atoms with E-state index in [-0.39, 0.29) is 29.7 Å². The van der Waals surface area contributed by atoms with E-state index in [0.717, 1.165) is 11.6 Å².